The van der Waals surface area contributed by atoms with Gasteiger partial charge in [0.25, 0.3) is 5.56 Å². The Morgan fingerprint density at radius 2 is 1.82 bits per heavy atom. The number of unbranched alkanes of at least 4 members (excludes halogenated alkanes) is 1. The molecule has 2 aromatic rings. The lowest BCUT2D eigenvalue weighted by atomic mass is 10.2. The summed E-state index contributed by atoms with van der Waals surface area (Å²) in [6, 6.07) is 11.6. The van der Waals surface area contributed by atoms with E-state index in [1.165, 1.54) is 5.56 Å². The molecule has 4 heteroatoms. The number of nitrogens with zero attached hydrogens (tertiary/aromatic N) is 1. The maximum Gasteiger partial charge on any atom is 0.292 e. The van der Waals surface area contributed by atoms with Crippen LogP contribution in [0.3, 0.4) is 0 Å². The molecule has 0 amide bonds. The highest BCUT2D eigenvalue weighted by Gasteiger charge is 2.03. The topological polar surface area (TPSA) is 40.5 Å². The van der Waals surface area contributed by atoms with Gasteiger partial charge >= 0.3 is 0 Å². The van der Waals surface area contributed by atoms with E-state index in [1.54, 1.807) is 16.8 Å². The fourth-order valence-electron chi connectivity index (χ4n) is 2.17. The summed E-state index contributed by atoms with van der Waals surface area (Å²) in [7, 11) is 0. The van der Waals surface area contributed by atoms with Gasteiger partial charge in [0.1, 0.15) is 5.75 Å². The van der Waals surface area contributed by atoms with E-state index in [1.807, 2.05) is 37.3 Å². The molecule has 0 spiro atoms. The normalized spacial score (nSPS) is 10.5. The van der Waals surface area contributed by atoms with E-state index >= 15 is 0 Å². The van der Waals surface area contributed by atoms with Gasteiger partial charge in [0.15, 0.2) is 5.75 Å². The largest absolute Gasteiger partial charge is 0.494 e. The molecule has 118 valence electrons. The minimum absolute atomic E-state index is 0.0659. The number of hydrogen-bond acceptors (Lipinski definition) is 3. The molecular formula is C18H23NO3. The average Bonchev–Trinajstić information content (AvgIpc) is 2.52. The fourth-order valence-corrected chi connectivity index (χ4v) is 2.17. The Bertz CT molecular complexity index is 632. The second-order valence-corrected chi connectivity index (χ2v) is 5.17. The van der Waals surface area contributed by atoms with Crippen LogP contribution in [0.4, 0.5) is 0 Å². The highest BCUT2D eigenvalue weighted by atomic mass is 16.5. The van der Waals surface area contributed by atoms with Crippen molar-refractivity contribution in [1.29, 1.82) is 0 Å². The summed E-state index contributed by atoms with van der Waals surface area (Å²) < 4.78 is 12.7. The second kappa shape index (κ2) is 8.27. The monoisotopic (exact) mass is 301 g/mol. The van der Waals surface area contributed by atoms with Crippen LogP contribution >= 0.6 is 0 Å². The Labute approximate surface area is 131 Å². The third-order valence-corrected chi connectivity index (χ3v) is 3.37. The van der Waals surface area contributed by atoms with Gasteiger partial charge in [0.05, 0.1) is 13.2 Å². The summed E-state index contributed by atoms with van der Waals surface area (Å²) in [5.41, 5.74) is 1.16. The molecule has 1 aromatic heterocycles. The molecule has 0 N–H and O–H groups in total. The van der Waals surface area contributed by atoms with Crippen LogP contribution < -0.4 is 15.0 Å². The molecule has 0 unspecified atom stereocenters. The Morgan fingerprint density at radius 3 is 2.55 bits per heavy atom. The maximum atomic E-state index is 12.1. The first-order valence-corrected chi connectivity index (χ1v) is 7.72. The van der Waals surface area contributed by atoms with Gasteiger partial charge < -0.3 is 14.0 Å². The van der Waals surface area contributed by atoms with Crippen LogP contribution in [0.2, 0.25) is 0 Å². The number of pyridine rings is 1. The first kappa shape index (κ1) is 16.1. The van der Waals surface area contributed by atoms with Gasteiger partial charge in [-0.1, -0.05) is 17.7 Å². The molecule has 2 rings (SSSR count). The van der Waals surface area contributed by atoms with Gasteiger partial charge in [-0.3, -0.25) is 4.79 Å². The van der Waals surface area contributed by atoms with Gasteiger partial charge in [-0.25, -0.2) is 0 Å². The zero-order valence-electron chi connectivity index (χ0n) is 13.2. The third-order valence-electron chi connectivity index (χ3n) is 3.37. The minimum Gasteiger partial charge on any atom is -0.494 e. The van der Waals surface area contributed by atoms with E-state index in [0.29, 0.717) is 25.5 Å². The molecule has 0 aliphatic rings. The smallest absolute Gasteiger partial charge is 0.292 e. The first-order valence-electron chi connectivity index (χ1n) is 7.72. The van der Waals surface area contributed by atoms with E-state index in [-0.39, 0.29) is 5.56 Å². The molecule has 0 aliphatic carbocycles. The van der Waals surface area contributed by atoms with Gasteiger partial charge in [-0.15, -0.1) is 0 Å². The molecule has 0 atom stereocenters. The summed E-state index contributed by atoms with van der Waals surface area (Å²) >= 11 is 0. The highest BCUT2D eigenvalue weighted by molar-refractivity contribution is 5.26. The van der Waals surface area contributed by atoms with E-state index < -0.39 is 0 Å². The SMILES string of the molecule is CCOc1cccn(CCCCOc2ccc(C)cc2)c1=O. The van der Waals surface area contributed by atoms with Crippen LogP contribution in [0, 0.1) is 6.92 Å². The van der Waals surface area contributed by atoms with Gasteiger partial charge in [0, 0.05) is 12.7 Å². The first-order chi connectivity index (χ1) is 10.7. The highest BCUT2D eigenvalue weighted by Crippen LogP contribution is 2.12. The maximum absolute atomic E-state index is 12.1. The molecule has 1 aromatic carbocycles. The average molecular weight is 301 g/mol. The summed E-state index contributed by atoms with van der Waals surface area (Å²) in [4.78, 5) is 12.1. The van der Waals surface area contributed by atoms with Crippen molar-refractivity contribution >= 4 is 0 Å². The van der Waals surface area contributed by atoms with E-state index in [9.17, 15) is 4.79 Å². The molecule has 22 heavy (non-hydrogen) atoms. The van der Waals surface area contributed by atoms with Crippen LogP contribution in [0.5, 0.6) is 11.5 Å². The number of ether oxygens (including phenoxy) is 2. The molecule has 0 radical (unpaired) electrons. The zero-order valence-corrected chi connectivity index (χ0v) is 13.2. The molecule has 4 nitrogen and oxygen atoms in total. The van der Waals surface area contributed by atoms with Crippen LogP contribution in [0.1, 0.15) is 25.3 Å². The lowest BCUT2D eigenvalue weighted by Crippen LogP contribution is -2.21. The Balaban J connectivity index is 1.76. The summed E-state index contributed by atoms with van der Waals surface area (Å²) in [5, 5.41) is 0. The second-order valence-electron chi connectivity index (χ2n) is 5.17. The molecular weight excluding hydrogens is 278 g/mol. The van der Waals surface area contributed by atoms with Crippen LogP contribution in [0.15, 0.2) is 47.4 Å². The Kier molecular flexibility index (Phi) is 6.07. The predicted molar refractivity (Wildman–Crippen MR) is 87.8 cm³/mol. The lowest BCUT2D eigenvalue weighted by Gasteiger charge is -2.09. The standard InChI is InChI=1S/C18H23NO3/c1-3-21-17-7-6-13-19(18(17)20)12-4-5-14-22-16-10-8-15(2)9-11-16/h6-11,13H,3-5,12,14H2,1-2H3. The molecule has 1 heterocycles. The van der Waals surface area contributed by atoms with E-state index in [2.05, 4.69) is 6.92 Å². The van der Waals surface area contributed by atoms with Gasteiger partial charge in [0.2, 0.25) is 0 Å². The summed E-state index contributed by atoms with van der Waals surface area (Å²) in [6.45, 7) is 5.76. The van der Waals surface area contributed by atoms with Crippen molar-refractivity contribution in [1.82, 2.24) is 4.57 Å². The van der Waals surface area contributed by atoms with E-state index in [0.717, 1.165) is 18.6 Å². The number of benzene rings is 1. The van der Waals surface area contributed by atoms with Crippen LogP contribution in [-0.2, 0) is 6.54 Å². The van der Waals surface area contributed by atoms with Crippen molar-refractivity contribution in [2.45, 2.75) is 33.2 Å². The zero-order chi connectivity index (χ0) is 15.8. The fraction of sp³-hybridized carbons (Fsp3) is 0.389. The molecule has 0 fully saturated rings. The van der Waals surface area contributed by atoms with Crippen molar-refractivity contribution in [2.24, 2.45) is 0 Å². The van der Waals surface area contributed by atoms with Gasteiger partial charge in [-0.2, -0.15) is 0 Å². The molecule has 0 bridgehead atoms. The van der Waals surface area contributed by atoms with Crippen LogP contribution in [0.25, 0.3) is 0 Å². The predicted octanol–water partition coefficient (Wildman–Crippen LogP) is 3.41. The number of aryl methyl sites for hydroxylation is 2. The van der Waals surface area contributed by atoms with Crippen molar-refractivity contribution in [3.8, 4) is 11.5 Å². The van der Waals surface area contributed by atoms with E-state index in [4.69, 9.17) is 9.47 Å². The summed E-state index contributed by atoms with van der Waals surface area (Å²) in [5.74, 6) is 1.31. The van der Waals surface area contributed by atoms with Crippen molar-refractivity contribution < 1.29 is 9.47 Å². The number of aromatic nitrogens is 1. The Morgan fingerprint density at radius 1 is 1.05 bits per heavy atom. The van der Waals surface area contributed by atoms with Crippen molar-refractivity contribution in [2.75, 3.05) is 13.2 Å². The van der Waals surface area contributed by atoms with Crippen molar-refractivity contribution in [3.05, 3.63) is 58.5 Å². The number of hydrogen-bond donors (Lipinski definition) is 0. The van der Waals surface area contributed by atoms with Crippen molar-refractivity contribution in [3.63, 3.8) is 0 Å². The Hall–Kier alpha value is -2.23. The molecule has 0 saturated carbocycles. The lowest BCUT2D eigenvalue weighted by molar-refractivity contribution is 0.301. The van der Waals surface area contributed by atoms with Crippen LogP contribution in [-0.4, -0.2) is 17.8 Å². The van der Waals surface area contributed by atoms with Gasteiger partial charge in [-0.05, 0) is 51.0 Å². The molecule has 0 saturated heterocycles. The number of rotatable bonds is 8. The minimum atomic E-state index is -0.0659. The quantitative estimate of drug-likeness (QED) is 0.702. The summed E-state index contributed by atoms with van der Waals surface area (Å²) in [6.07, 6.45) is 3.59. The molecule has 0 aliphatic heterocycles. The third kappa shape index (κ3) is 4.65.